The van der Waals surface area contributed by atoms with Crippen molar-refractivity contribution in [3.63, 3.8) is 0 Å². The molecule has 0 saturated heterocycles. The lowest BCUT2D eigenvalue weighted by Crippen LogP contribution is -2.12. The van der Waals surface area contributed by atoms with Crippen LogP contribution in [-0.2, 0) is 6.54 Å². The summed E-state index contributed by atoms with van der Waals surface area (Å²) >= 11 is 0. The number of fused-ring (bicyclic) bond motifs is 3. The number of anilines is 1. The molecule has 6 rings (SSSR count). The third-order valence-corrected chi connectivity index (χ3v) is 5.73. The van der Waals surface area contributed by atoms with Crippen molar-refractivity contribution >= 4 is 11.5 Å². The third kappa shape index (κ3) is 2.47. The fraction of sp³-hybridized carbons (Fsp3) is 0.227. The molecule has 29 heavy (non-hydrogen) atoms. The molecule has 1 aromatic carbocycles. The van der Waals surface area contributed by atoms with E-state index in [9.17, 15) is 0 Å². The normalized spacial score (nSPS) is 17.2. The van der Waals surface area contributed by atoms with E-state index in [1.54, 1.807) is 12.5 Å². The number of aryl methyl sites for hydroxylation is 1. The molecular weight excluding hydrogens is 366 g/mol. The molecule has 3 aromatic heterocycles. The number of benzene rings is 1. The lowest BCUT2D eigenvalue weighted by Gasteiger charge is -2.17. The van der Waals surface area contributed by atoms with Gasteiger partial charge in [0.1, 0.15) is 12.1 Å². The Morgan fingerprint density at radius 2 is 1.97 bits per heavy atom. The number of aromatic nitrogens is 4. The van der Waals surface area contributed by atoms with Crippen molar-refractivity contribution in [3.8, 4) is 22.6 Å². The SMILES string of the molecule is Cc1ncccc1-c1cc2c(n3cnnc13)NCc1cccc3c1C(CO3)CO2. The maximum atomic E-state index is 6.34. The Morgan fingerprint density at radius 1 is 1.07 bits per heavy atom. The Kier molecular flexibility index (Phi) is 3.50. The van der Waals surface area contributed by atoms with Gasteiger partial charge in [0, 0.05) is 35.1 Å². The average molecular weight is 385 g/mol. The number of hydrogen-bond donors (Lipinski definition) is 1. The van der Waals surface area contributed by atoms with Gasteiger partial charge in [-0.05, 0) is 30.7 Å². The van der Waals surface area contributed by atoms with E-state index in [-0.39, 0.29) is 5.92 Å². The highest BCUT2D eigenvalue weighted by atomic mass is 16.5. The maximum absolute atomic E-state index is 6.34. The smallest absolute Gasteiger partial charge is 0.170 e. The predicted octanol–water partition coefficient (Wildman–Crippen LogP) is 3.58. The molecule has 0 saturated carbocycles. The van der Waals surface area contributed by atoms with Crippen LogP contribution in [0.25, 0.3) is 16.8 Å². The summed E-state index contributed by atoms with van der Waals surface area (Å²) in [6, 6.07) is 12.3. The van der Waals surface area contributed by atoms with Crippen LogP contribution in [0.5, 0.6) is 11.5 Å². The topological polar surface area (TPSA) is 73.6 Å². The molecule has 1 N–H and O–H groups in total. The summed E-state index contributed by atoms with van der Waals surface area (Å²) in [7, 11) is 0. The fourth-order valence-electron chi connectivity index (χ4n) is 4.32. The lowest BCUT2D eigenvalue weighted by molar-refractivity contribution is 0.249. The zero-order valence-corrected chi connectivity index (χ0v) is 15.9. The average Bonchev–Trinajstić information content (AvgIpc) is 3.39. The van der Waals surface area contributed by atoms with Crippen molar-refractivity contribution in [3.05, 3.63) is 65.7 Å². The van der Waals surface area contributed by atoms with E-state index in [4.69, 9.17) is 9.47 Å². The van der Waals surface area contributed by atoms with Crippen LogP contribution in [0, 0.1) is 6.92 Å². The van der Waals surface area contributed by atoms with Gasteiger partial charge in [0.05, 0.1) is 19.1 Å². The first-order valence-corrected chi connectivity index (χ1v) is 9.69. The van der Waals surface area contributed by atoms with Crippen LogP contribution in [0.15, 0.2) is 48.9 Å². The van der Waals surface area contributed by atoms with Gasteiger partial charge in [0.2, 0.25) is 0 Å². The van der Waals surface area contributed by atoms with Crippen LogP contribution < -0.4 is 14.8 Å². The van der Waals surface area contributed by atoms with E-state index in [2.05, 4.69) is 26.6 Å². The Morgan fingerprint density at radius 3 is 2.86 bits per heavy atom. The van der Waals surface area contributed by atoms with Crippen LogP contribution in [0.4, 0.5) is 5.82 Å². The van der Waals surface area contributed by atoms with Crippen LogP contribution in [0.2, 0.25) is 0 Å². The van der Waals surface area contributed by atoms with E-state index >= 15 is 0 Å². The highest BCUT2D eigenvalue weighted by Crippen LogP contribution is 2.41. The largest absolute Gasteiger partial charge is 0.493 e. The van der Waals surface area contributed by atoms with E-state index in [1.165, 1.54) is 11.1 Å². The molecule has 0 aliphatic carbocycles. The summed E-state index contributed by atoms with van der Waals surface area (Å²) < 4.78 is 14.2. The molecule has 5 heterocycles. The first-order valence-electron chi connectivity index (χ1n) is 9.69. The number of pyridine rings is 2. The minimum absolute atomic E-state index is 0.217. The molecule has 0 amide bonds. The van der Waals surface area contributed by atoms with Gasteiger partial charge in [-0.1, -0.05) is 18.2 Å². The molecule has 7 heteroatoms. The van der Waals surface area contributed by atoms with Gasteiger partial charge in [-0.15, -0.1) is 10.2 Å². The summed E-state index contributed by atoms with van der Waals surface area (Å²) in [4.78, 5) is 4.44. The van der Waals surface area contributed by atoms with Crippen molar-refractivity contribution in [2.45, 2.75) is 19.4 Å². The molecule has 4 aromatic rings. The summed E-state index contributed by atoms with van der Waals surface area (Å²) in [5.74, 6) is 2.81. The fourth-order valence-corrected chi connectivity index (χ4v) is 4.32. The minimum atomic E-state index is 0.217. The predicted molar refractivity (Wildman–Crippen MR) is 108 cm³/mol. The lowest BCUT2D eigenvalue weighted by atomic mass is 9.96. The van der Waals surface area contributed by atoms with Crippen LogP contribution in [0.1, 0.15) is 22.7 Å². The molecule has 2 aliphatic heterocycles. The van der Waals surface area contributed by atoms with Crippen molar-refractivity contribution in [2.75, 3.05) is 18.5 Å². The van der Waals surface area contributed by atoms with Gasteiger partial charge in [0.25, 0.3) is 0 Å². The quantitative estimate of drug-likeness (QED) is 0.540. The maximum Gasteiger partial charge on any atom is 0.170 e. The molecule has 1 atom stereocenters. The van der Waals surface area contributed by atoms with Crippen LogP contribution >= 0.6 is 0 Å². The van der Waals surface area contributed by atoms with Gasteiger partial charge in [-0.25, -0.2) is 0 Å². The molecule has 1 unspecified atom stereocenters. The first kappa shape index (κ1) is 16.4. The number of nitrogens with zero attached hydrogens (tertiary/aromatic N) is 4. The molecule has 0 spiro atoms. The van der Waals surface area contributed by atoms with Gasteiger partial charge < -0.3 is 14.8 Å². The third-order valence-electron chi connectivity index (χ3n) is 5.73. The second kappa shape index (κ2) is 6.20. The molecule has 0 bridgehead atoms. The molecule has 2 aliphatic rings. The number of nitrogens with one attached hydrogen (secondary N) is 1. The Labute approximate surface area is 167 Å². The van der Waals surface area contributed by atoms with Gasteiger partial charge in [0.15, 0.2) is 17.2 Å². The van der Waals surface area contributed by atoms with E-state index < -0.39 is 0 Å². The Hall–Kier alpha value is -3.61. The van der Waals surface area contributed by atoms with Crippen molar-refractivity contribution in [1.29, 1.82) is 0 Å². The monoisotopic (exact) mass is 385 g/mol. The van der Waals surface area contributed by atoms with Gasteiger partial charge in [-0.2, -0.15) is 0 Å². The molecule has 0 fully saturated rings. The van der Waals surface area contributed by atoms with Crippen molar-refractivity contribution in [1.82, 2.24) is 19.6 Å². The van der Waals surface area contributed by atoms with Gasteiger partial charge >= 0.3 is 0 Å². The number of rotatable bonds is 1. The second-order valence-electron chi connectivity index (χ2n) is 7.43. The summed E-state index contributed by atoms with van der Waals surface area (Å²) in [6.07, 6.45) is 3.52. The van der Waals surface area contributed by atoms with Crippen molar-refractivity contribution in [2.24, 2.45) is 0 Å². The zero-order valence-electron chi connectivity index (χ0n) is 15.9. The number of hydrogen-bond acceptors (Lipinski definition) is 6. The Bertz CT molecular complexity index is 1250. The van der Waals surface area contributed by atoms with Crippen LogP contribution in [0.3, 0.4) is 0 Å². The highest BCUT2D eigenvalue weighted by molar-refractivity contribution is 5.82. The zero-order chi connectivity index (χ0) is 19.4. The summed E-state index contributed by atoms with van der Waals surface area (Å²) in [5.41, 5.74) is 6.16. The number of ether oxygens (including phenoxy) is 2. The standard InChI is InChI=1S/C22H19N5O2/c1-13-16(5-3-7-23-13)17-8-19-22(27-12-25-26-21(17)27)24-9-14-4-2-6-18-20(14)15(10-28-18)11-29-19/h2-8,12,15,24H,9-11H2,1H3. The van der Waals surface area contributed by atoms with Gasteiger partial charge in [-0.3, -0.25) is 9.38 Å². The molecule has 144 valence electrons. The van der Waals surface area contributed by atoms with E-state index in [0.717, 1.165) is 39.8 Å². The molecular formula is C22H19N5O2. The first-order chi connectivity index (χ1) is 14.3. The van der Waals surface area contributed by atoms with E-state index in [0.29, 0.717) is 19.8 Å². The molecule has 7 nitrogen and oxygen atoms in total. The highest BCUT2D eigenvalue weighted by Gasteiger charge is 2.29. The van der Waals surface area contributed by atoms with E-state index in [1.807, 2.05) is 41.7 Å². The summed E-state index contributed by atoms with van der Waals surface area (Å²) in [6.45, 7) is 3.87. The Balaban J connectivity index is 1.53. The summed E-state index contributed by atoms with van der Waals surface area (Å²) in [5, 5.41) is 12.1. The minimum Gasteiger partial charge on any atom is -0.493 e. The van der Waals surface area contributed by atoms with Crippen LogP contribution in [-0.4, -0.2) is 32.8 Å². The van der Waals surface area contributed by atoms with Crippen molar-refractivity contribution < 1.29 is 9.47 Å². The second-order valence-corrected chi connectivity index (χ2v) is 7.43. The molecule has 0 radical (unpaired) electrons.